The van der Waals surface area contributed by atoms with Crippen LogP contribution in [0.25, 0.3) is 0 Å². The lowest BCUT2D eigenvalue weighted by Crippen LogP contribution is -2.95. The number of hydrogen-bond donors (Lipinski definition) is 1. The molecule has 0 aliphatic rings. The average molecular weight is 257 g/mol. The molecule has 1 rings (SSSR count). The zero-order chi connectivity index (χ0) is 13.1. The van der Waals surface area contributed by atoms with E-state index in [-0.39, 0.29) is 5.54 Å². The highest BCUT2D eigenvalue weighted by atomic mass is 35.5. The third kappa shape index (κ3) is 4.97. The summed E-state index contributed by atoms with van der Waals surface area (Å²) < 4.78 is 5.73. The molecule has 0 amide bonds. The highest BCUT2D eigenvalue weighted by Crippen LogP contribution is 2.25. The van der Waals surface area contributed by atoms with E-state index in [0.717, 1.165) is 35.1 Å². The fourth-order valence-electron chi connectivity index (χ4n) is 1.66. The molecule has 2 nitrogen and oxygen atoms in total. The van der Waals surface area contributed by atoms with E-state index in [1.54, 1.807) is 0 Å². The second-order valence-corrected chi connectivity index (χ2v) is 5.96. The minimum absolute atomic E-state index is 0.259. The lowest BCUT2D eigenvalue weighted by molar-refractivity contribution is -0.717. The number of ether oxygens (including phenoxy) is 1. The average Bonchev–Trinajstić information content (AvgIpc) is 2.19. The van der Waals surface area contributed by atoms with Crippen LogP contribution in [0.3, 0.4) is 0 Å². The van der Waals surface area contributed by atoms with E-state index in [9.17, 15) is 0 Å². The van der Waals surface area contributed by atoms with Crippen molar-refractivity contribution in [2.75, 3.05) is 13.2 Å². The van der Waals surface area contributed by atoms with Gasteiger partial charge in [-0.3, -0.25) is 0 Å². The minimum atomic E-state index is 0.259. The van der Waals surface area contributed by atoms with Crippen LogP contribution < -0.4 is 10.1 Å². The molecule has 0 saturated heterocycles. The van der Waals surface area contributed by atoms with Gasteiger partial charge in [0.25, 0.3) is 0 Å². The van der Waals surface area contributed by atoms with E-state index < -0.39 is 0 Å². The van der Waals surface area contributed by atoms with Crippen molar-refractivity contribution in [3.8, 4) is 5.75 Å². The van der Waals surface area contributed by atoms with Gasteiger partial charge in [-0.2, -0.15) is 0 Å². The molecular weight excluding hydrogens is 234 g/mol. The van der Waals surface area contributed by atoms with Gasteiger partial charge in [0.15, 0.2) is 0 Å². The molecule has 0 radical (unpaired) electrons. The van der Waals surface area contributed by atoms with Gasteiger partial charge in [-0.15, -0.1) is 0 Å². The summed E-state index contributed by atoms with van der Waals surface area (Å²) in [5.41, 5.74) is 2.40. The SMILES string of the molecule is Cc1cc(OCC[NH2+]C(C)(C)C)cc(C)c1Cl. The summed E-state index contributed by atoms with van der Waals surface area (Å²) in [7, 11) is 0. The zero-order valence-corrected chi connectivity index (χ0v) is 12.2. The molecule has 0 aromatic heterocycles. The molecule has 0 aliphatic heterocycles. The van der Waals surface area contributed by atoms with Gasteiger partial charge in [-0.1, -0.05) is 11.6 Å². The number of halogens is 1. The molecule has 3 heteroatoms. The number of hydrogen-bond acceptors (Lipinski definition) is 1. The van der Waals surface area contributed by atoms with Crippen molar-refractivity contribution in [3.63, 3.8) is 0 Å². The largest absolute Gasteiger partial charge is 0.488 e. The maximum Gasteiger partial charge on any atom is 0.137 e. The van der Waals surface area contributed by atoms with Crippen molar-refractivity contribution in [2.24, 2.45) is 0 Å². The van der Waals surface area contributed by atoms with E-state index in [2.05, 4.69) is 26.1 Å². The first-order valence-corrected chi connectivity index (χ1v) is 6.41. The fourth-order valence-corrected chi connectivity index (χ4v) is 1.77. The Morgan fingerprint density at radius 1 is 1.18 bits per heavy atom. The van der Waals surface area contributed by atoms with Gasteiger partial charge >= 0.3 is 0 Å². The number of aryl methyl sites for hydroxylation is 2. The van der Waals surface area contributed by atoms with Crippen LogP contribution in [-0.4, -0.2) is 18.7 Å². The quantitative estimate of drug-likeness (QED) is 0.824. The van der Waals surface area contributed by atoms with Crippen molar-refractivity contribution >= 4 is 11.6 Å². The summed E-state index contributed by atoms with van der Waals surface area (Å²) in [6.45, 7) is 12.3. The molecule has 1 aromatic carbocycles. The molecule has 0 bridgehead atoms. The van der Waals surface area contributed by atoms with Gasteiger partial charge in [0.2, 0.25) is 0 Å². The maximum absolute atomic E-state index is 6.11. The van der Waals surface area contributed by atoms with E-state index in [4.69, 9.17) is 16.3 Å². The van der Waals surface area contributed by atoms with Crippen LogP contribution in [0, 0.1) is 13.8 Å². The molecule has 96 valence electrons. The fraction of sp³-hybridized carbons (Fsp3) is 0.571. The minimum Gasteiger partial charge on any atom is -0.488 e. The van der Waals surface area contributed by atoms with Crippen LogP contribution in [0.4, 0.5) is 0 Å². The maximum atomic E-state index is 6.11. The van der Waals surface area contributed by atoms with Gasteiger partial charge in [0.05, 0.1) is 5.54 Å². The summed E-state index contributed by atoms with van der Waals surface area (Å²) in [6.07, 6.45) is 0. The molecular formula is C14H23ClNO+. The summed E-state index contributed by atoms with van der Waals surface area (Å²) >= 11 is 6.11. The molecule has 17 heavy (non-hydrogen) atoms. The molecule has 0 atom stereocenters. The molecule has 0 spiro atoms. The summed E-state index contributed by atoms with van der Waals surface area (Å²) in [4.78, 5) is 0. The van der Waals surface area contributed by atoms with Crippen molar-refractivity contribution in [3.05, 3.63) is 28.3 Å². The highest BCUT2D eigenvalue weighted by molar-refractivity contribution is 6.32. The predicted molar refractivity (Wildman–Crippen MR) is 73.0 cm³/mol. The third-order valence-electron chi connectivity index (χ3n) is 2.55. The zero-order valence-electron chi connectivity index (χ0n) is 11.4. The molecule has 0 heterocycles. The standard InChI is InChI=1S/C14H22ClNO/c1-10-8-12(9-11(2)13(10)15)17-7-6-16-14(3,4)5/h8-9,16H,6-7H2,1-5H3/p+1. The highest BCUT2D eigenvalue weighted by Gasteiger charge is 2.12. The van der Waals surface area contributed by atoms with E-state index in [0.29, 0.717) is 0 Å². The lowest BCUT2D eigenvalue weighted by Gasteiger charge is -2.17. The lowest BCUT2D eigenvalue weighted by atomic mass is 10.1. The first kappa shape index (κ1) is 14.3. The monoisotopic (exact) mass is 256 g/mol. The number of benzene rings is 1. The van der Waals surface area contributed by atoms with Gasteiger partial charge in [-0.05, 0) is 57.9 Å². The first-order valence-electron chi connectivity index (χ1n) is 6.03. The first-order chi connectivity index (χ1) is 7.79. The predicted octanol–water partition coefficient (Wildman–Crippen LogP) is 2.70. The summed E-state index contributed by atoms with van der Waals surface area (Å²) in [6, 6.07) is 3.98. The van der Waals surface area contributed by atoms with Crippen LogP contribution >= 0.6 is 11.6 Å². The van der Waals surface area contributed by atoms with Gasteiger partial charge in [0.1, 0.15) is 18.9 Å². The summed E-state index contributed by atoms with van der Waals surface area (Å²) in [5, 5.41) is 3.11. The van der Waals surface area contributed by atoms with Gasteiger partial charge in [-0.25, -0.2) is 0 Å². The molecule has 0 fully saturated rings. The smallest absolute Gasteiger partial charge is 0.137 e. The Morgan fingerprint density at radius 3 is 2.18 bits per heavy atom. The Labute approximate surface area is 109 Å². The molecule has 1 aromatic rings. The van der Waals surface area contributed by atoms with Crippen LogP contribution in [0.5, 0.6) is 5.75 Å². The van der Waals surface area contributed by atoms with E-state index in [1.807, 2.05) is 26.0 Å². The topological polar surface area (TPSA) is 25.8 Å². The van der Waals surface area contributed by atoms with Crippen molar-refractivity contribution in [1.82, 2.24) is 0 Å². The summed E-state index contributed by atoms with van der Waals surface area (Å²) in [5.74, 6) is 0.909. The Morgan fingerprint density at radius 2 is 1.71 bits per heavy atom. The van der Waals surface area contributed by atoms with E-state index >= 15 is 0 Å². The van der Waals surface area contributed by atoms with E-state index in [1.165, 1.54) is 0 Å². The normalized spacial score (nSPS) is 11.6. The Balaban J connectivity index is 2.48. The second-order valence-electron chi connectivity index (χ2n) is 5.58. The number of nitrogens with two attached hydrogens (primary N) is 1. The third-order valence-corrected chi connectivity index (χ3v) is 3.15. The Bertz CT molecular complexity index is 359. The van der Waals surface area contributed by atoms with Crippen molar-refractivity contribution < 1.29 is 10.1 Å². The van der Waals surface area contributed by atoms with Crippen LogP contribution in [0.1, 0.15) is 31.9 Å². The number of rotatable bonds is 4. The Hall–Kier alpha value is -0.730. The van der Waals surface area contributed by atoms with Crippen molar-refractivity contribution in [1.29, 1.82) is 0 Å². The Kier molecular flexibility index (Phi) is 4.84. The molecule has 0 unspecified atom stereocenters. The van der Waals surface area contributed by atoms with Gasteiger partial charge < -0.3 is 10.1 Å². The van der Waals surface area contributed by atoms with Crippen LogP contribution in [0.15, 0.2) is 12.1 Å². The molecule has 0 saturated carbocycles. The molecule has 0 aliphatic carbocycles. The van der Waals surface area contributed by atoms with Crippen molar-refractivity contribution in [2.45, 2.75) is 40.2 Å². The molecule has 2 N–H and O–H groups in total. The van der Waals surface area contributed by atoms with Crippen LogP contribution in [-0.2, 0) is 0 Å². The second kappa shape index (κ2) is 5.74. The van der Waals surface area contributed by atoms with Gasteiger partial charge in [0, 0.05) is 5.02 Å². The number of quaternary nitrogens is 1. The van der Waals surface area contributed by atoms with Crippen LogP contribution in [0.2, 0.25) is 5.02 Å².